The van der Waals surface area contributed by atoms with Crippen molar-refractivity contribution in [2.45, 2.75) is 40.0 Å². The molecule has 64 valence electrons. The van der Waals surface area contributed by atoms with Crippen molar-refractivity contribution in [1.29, 1.82) is 0 Å². The van der Waals surface area contributed by atoms with Gasteiger partial charge < -0.3 is 0 Å². The van der Waals surface area contributed by atoms with Gasteiger partial charge in [-0.15, -0.1) is 0 Å². The van der Waals surface area contributed by atoms with Crippen LogP contribution in [0.2, 0.25) is 0 Å². The van der Waals surface area contributed by atoms with Crippen molar-refractivity contribution < 1.29 is 4.79 Å². The minimum atomic E-state index is 0.345. The zero-order chi connectivity index (χ0) is 8.43. The summed E-state index contributed by atoms with van der Waals surface area (Å²) in [4.78, 5) is 11.2. The second-order valence-corrected chi connectivity index (χ2v) is 4.18. The normalized spacial score (nSPS) is 31.8. The molecule has 1 rings (SSSR count). The predicted octanol–water partition coefficient (Wildman–Crippen LogP) is 2.65. The minimum absolute atomic E-state index is 0.345. The van der Waals surface area contributed by atoms with E-state index in [0.717, 1.165) is 18.8 Å². The summed E-state index contributed by atoms with van der Waals surface area (Å²) >= 11 is 0. The fraction of sp³-hybridized carbons (Fsp3) is 0.900. The molecule has 2 unspecified atom stereocenters. The van der Waals surface area contributed by atoms with E-state index in [4.69, 9.17) is 0 Å². The summed E-state index contributed by atoms with van der Waals surface area (Å²) in [5.41, 5.74) is 0. The summed E-state index contributed by atoms with van der Waals surface area (Å²) < 4.78 is 0. The number of hydrogen-bond acceptors (Lipinski definition) is 1. The summed E-state index contributed by atoms with van der Waals surface area (Å²) in [6.45, 7) is 6.55. The number of rotatable bonds is 2. The first kappa shape index (κ1) is 8.76. The van der Waals surface area contributed by atoms with E-state index in [0.29, 0.717) is 17.6 Å². The molecule has 11 heavy (non-hydrogen) atoms. The van der Waals surface area contributed by atoms with E-state index >= 15 is 0 Å². The van der Waals surface area contributed by atoms with Gasteiger partial charge in [-0.2, -0.15) is 0 Å². The lowest BCUT2D eigenvalue weighted by Crippen LogP contribution is -2.12. The van der Waals surface area contributed by atoms with Crippen LogP contribution in [0.1, 0.15) is 40.0 Å². The molecule has 0 aromatic rings. The maximum Gasteiger partial charge on any atom is 0.135 e. The zero-order valence-electron chi connectivity index (χ0n) is 7.76. The van der Waals surface area contributed by atoms with Gasteiger partial charge in [0.1, 0.15) is 5.78 Å². The molecule has 2 atom stereocenters. The van der Waals surface area contributed by atoms with Gasteiger partial charge >= 0.3 is 0 Å². The molecule has 0 aromatic carbocycles. The molecule has 0 saturated heterocycles. The first-order valence-corrected chi connectivity index (χ1v) is 4.64. The van der Waals surface area contributed by atoms with Gasteiger partial charge in [-0.05, 0) is 24.7 Å². The monoisotopic (exact) mass is 154 g/mol. The Labute approximate surface area is 69.2 Å². The molecule has 0 amide bonds. The number of Topliss-reactive ketones (excluding diaryl/α,β-unsaturated/α-hetero) is 1. The summed E-state index contributed by atoms with van der Waals surface area (Å²) in [5.74, 6) is 2.25. The van der Waals surface area contributed by atoms with Crippen molar-refractivity contribution in [3.8, 4) is 0 Å². The maximum atomic E-state index is 11.2. The Morgan fingerprint density at radius 1 is 1.55 bits per heavy atom. The molecule has 0 radical (unpaired) electrons. The SMILES string of the molecule is CC(C)CC1CCC(=O)C1C. The highest BCUT2D eigenvalue weighted by Crippen LogP contribution is 2.32. The van der Waals surface area contributed by atoms with Crippen LogP contribution in [0.15, 0.2) is 0 Å². The van der Waals surface area contributed by atoms with E-state index in [9.17, 15) is 4.79 Å². The average molecular weight is 154 g/mol. The lowest BCUT2D eigenvalue weighted by molar-refractivity contribution is -0.120. The van der Waals surface area contributed by atoms with Crippen molar-refractivity contribution in [3.05, 3.63) is 0 Å². The molecule has 0 spiro atoms. The lowest BCUT2D eigenvalue weighted by atomic mass is 9.89. The van der Waals surface area contributed by atoms with Crippen LogP contribution in [0.25, 0.3) is 0 Å². The predicted molar refractivity (Wildman–Crippen MR) is 46.4 cm³/mol. The number of carbonyl (C=O) groups is 1. The van der Waals surface area contributed by atoms with E-state index in [1.165, 1.54) is 6.42 Å². The summed E-state index contributed by atoms with van der Waals surface area (Å²) in [7, 11) is 0. The van der Waals surface area contributed by atoms with Gasteiger partial charge in [-0.25, -0.2) is 0 Å². The molecular formula is C10H18O. The summed E-state index contributed by atoms with van der Waals surface area (Å²) in [5, 5.41) is 0. The molecule has 0 aliphatic heterocycles. The molecular weight excluding hydrogens is 136 g/mol. The van der Waals surface area contributed by atoms with Crippen LogP contribution in [-0.2, 0) is 4.79 Å². The van der Waals surface area contributed by atoms with E-state index in [-0.39, 0.29) is 0 Å². The van der Waals surface area contributed by atoms with E-state index in [1.54, 1.807) is 0 Å². The first-order valence-electron chi connectivity index (χ1n) is 4.64. The van der Waals surface area contributed by atoms with Gasteiger partial charge in [0, 0.05) is 12.3 Å². The molecule has 0 aromatic heterocycles. The Morgan fingerprint density at radius 2 is 2.18 bits per heavy atom. The lowest BCUT2D eigenvalue weighted by Gasteiger charge is -2.15. The van der Waals surface area contributed by atoms with Gasteiger partial charge in [0.05, 0.1) is 0 Å². The average Bonchev–Trinajstić information content (AvgIpc) is 2.18. The first-order chi connectivity index (χ1) is 5.11. The third-order valence-corrected chi connectivity index (χ3v) is 2.75. The van der Waals surface area contributed by atoms with E-state index < -0.39 is 0 Å². The summed E-state index contributed by atoms with van der Waals surface area (Å²) in [6.07, 6.45) is 3.20. The van der Waals surface area contributed by atoms with Crippen LogP contribution >= 0.6 is 0 Å². The Balaban J connectivity index is 2.42. The second kappa shape index (κ2) is 3.38. The van der Waals surface area contributed by atoms with Crippen LogP contribution < -0.4 is 0 Å². The quantitative estimate of drug-likeness (QED) is 0.597. The molecule has 1 nitrogen and oxygen atoms in total. The highest BCUT2D eigenvalue weighted by atomic mass is 16.1. The molecule has 1 heteroatoms. The van der Waals surface area contributed by atoms with Gasteiger partial charge in [0.15, 0.2) is 0 Å². The van der Waals surface area contributed by atoms with Gasteiger partial charge in [-0.3, -0.25) is 4.79 Å². The number of ketones is 1. The van der Waals surface area contributed by atoms with Crippen LogP contribution in [0.4, 0.5) is 0 Å². The Hall–Kier alpha value is -0.330. The van der Waals surface area contributed by atoms with Crippen molar-refractivity contribution in [1.82, 2.24) is 0 Å². The van der Waals surface area contributed by atoms with Crippen LogP contribution in [0, 0.1) is 17.8 Å². The van der Waals surface area contributed by atoms with Crippen LogP contribution in [-0.4, -0.2) is 5.78 Å². The number of carbonyl (C=O) groups excluding carboxylic acids is 1. The molecule has 0 N–H and O–H groups in total. The van der Waals surface area contributed by atoms with Gasteiger partial charge in [0.2, 0.25) is 0 Å². The summed E-state index contributed by atoms with van der Waals surface area (Å²) in [6, 6.07) is 0. The Kier molecular flexibility index (Phi) is 2.69. The minimum Gasteiger partial charge on any atom is -0.299 e. The topological polar surface area (TPSA) is 17.1 Å². The van der Waals surface area contributed by atoms with E-state index in [2.05, 4.69) is 20.8 Å². The highest BCUT2D eigenvalue weighted by molar-refractivity contribution is 5.82. The van der Waals surface area contributed by atoms with Crippen molar-refractivity contribution >= 4 is 5.78 Å². The standard InChI is InChI=1S/C10H18O/c1-7(2)6-9-4-5-10(11)8(9)3/h7-9H,4-6H2,1-3H3. The van der Waals surface area contributed by atoms with Gasteiger partial charge in [-0.1, -0.05) is 20.8 Å². The highest BCUT2D eigenvalue weighted by Gasteiger charge is 2.30. The van der Waals surface area contributed by atoms with Crippen molar-refractivity contribution in [2.75, 3.05) is 0 Å². The van der Waals surface area contributed by atoms with Crippen LogP contribution in [0.3, 0.4) is 0 Å². The second-order valence-electron chi connectivity index (χ2n) is 4.18. The maximum absolute atomic E-state index is 11.2. The molecule has 1 fully saturated rings. The Morgan fingerprint density at radius 3 is 2.55 bits per heavy atom. The molecule has 0 bridgehead atoms. The zero-order valence-corrected chi connectivity index (χ0v) is 7.76. The van der Waals surface area contributed by atoms with E-state index in [1.807, 2.05) is 0 Å². The third kappa shape index (κ3) is 2.05. The largest absolute Gasteiger partial charge is 0.299 e. The smallest absolute Gasteiger partial charge is 0.135 e. The molecule has 1 saturated carbocycles. The molecule has 1 aliphatic rings. The van der Waals surface area contributed by atoms with Gasteiger partial charge in [0.25, 0.3) is 0 Å². The fourth-order valence-electron chi connectivity index (χ4n) is 2.00. The Bertz CT molecular complexity index is 149. The fourth-order valence-corrected chi connectivity index (χ4v) is 2.00. The van der Waals surface area contributed by atoms with Crippen molar-refractivity contribution in [2.24, 2.45) is 17.8 Å². The molecule has 0 heterocycles. The van der Waals surface area contributed by atoms with Crippen molar-refractivity contribution in [3.63, 3.8) is 0 Å². The number of hydrogen-bond donors (Lipinski definition) is 0. The third-order valence-electron chi connectivity index (χ3n) is 2.75. The van der Waals surface area contributed by atoms with Crippen LogP contribution in [0.5, 0.6) is 0 Å². The molecule has 1 aliphatic carbocycles.